The first kappa shape index (κ1) is 19.3. The van der Waals surface area contributed by atoms with Crippen molar-refractivity contribution in [2.75, 3.05) is 0 Å². The van der Waals surface area contributed by atoms with Crippen LogP contribution in [0.15, 0.2) is 91.0 Å². The fourth-order valence-electron chi connectivity index (χ4n) is 3.66. The fraction of sp³-hybridized carbons (Fsp3) is 0.280. The average Bonchev–Trinajstić information content (AvgIpc) is 2.72. The molecule has 0 saturated heterocycles. The molecule has 1 atom stereocenters. The van der Waals surface area contributed by atoms with Crippen LogP contribution in [0.3, 0.4) is 0 Å². The maximum absolute atomic E-state index is 12.1. The number of hydrogen-bond donors (Lipinski definition) is 2. The fourth-order valence-corrected chi connectivity index (χ4v) is 3.66. The number of nitrogens with one attached hydrogen (secondary N) is 1. The molecule has 0 unspecified atom stereocenters. The summed E-state index contributed by atoms with van der Waals surface area (Å²) in [6.45, 7) is 5.13. The van der Waals surface area contributed by atoms with Crippen molar-refractivity contribution < 1.29 is 5.11 Å². The Balaban J connectivity index is 1.99. The number of aliphatic hydroxyl groups is 1. The zero-order valence-corrected chi connectivity index (χ0v) is 16.2. The molecule has 0 bridgehead atoms. The Morgan fingerprint density at radius 2 is 1.19 bits per heavy atom. The number of rotatable bonds is 8. The van der Waals surface area contributed by atoms with E-state index >= 15 is 0 Å². The van der Waals surface area contributed by atoms with Gasteiger partial charge in [0.15, 0.2) is 0 Å². The molecule has 0 fully saturated rings. The van der Waals surface area contributed by atoms with E-state index in [9.17, 15) is 5.11 Å². The molecular formula is C25H29NO. The van der Waals surface area contributed by atoms with Gasteiger partial charge in [0, 0.05) is 12.6 Å². The second kappa shape index (κ2) is 8.98. The quantitative estimate of drug-likeness (QED) is 0.584. The van der Waals surface area contributed by atoms with Gasteiger partial charge in [0.1, 0.15) is 5.60 Å². The van der Waals surface area contributed by atoms with Gasteiger partial charge in [-0.3, -0.25) is 0 Å². The van der Waals surface area contributed by atoms with E-state index in [0.29, 0.717) is 5.92 Å². The maximum Gasteiger partial charge on any atom is 0.130 e. The lowest BCUT2D eigenvalue weighted by Gasteiger charge is -2.39. The summed E-state index contributed by atoms with van der Waals surface area (Å²) in [5, 5.41) is 15.7. The summed E-state index contributed by atoms with van der Waals surface area (Å²) in [4.78, 5) is 0. The van der Waals surface area contributed by atoms with Crippen LogP contribution < -0.4 is 5.32 Å². The average molecular weight is 360 g/mol. The van der Waals surface area contributed by atoms with Crippen LogP contribution in [-0.2, 0) is 12.1 Å². The van der Waals surface area contributed by atoms with Crippen LogP contribution in [0.5, 0.6) is 0 Å². The van der Waals surface area contributed by atoms with Crippen molar-refractivity contribution in [1.29, 1.82) is 0 Å². The Bertz CT molecular complexity index is 760. The summed E-state index contributed by atoms with van der Waals surface area (Å²) < 4.78 is 0. The van der Waals surface area contributed by atoms with Gasteiger partial charge in [0.2, 0.25) is 0 Å². The van der Waals surface area contributed by atoms with Gasteiger partial charge in [0.25, 0.3) is 0 Å². The second-order valence-electron chi connectivity index (χ2n) is 7.55. The molecule has 2 N–H and O–H groups in total. The molecule has 140 valence electrons. The van der Waals surface area contributed by atoms with E-state index in [1.807, 2.05) is 66.7 Å². The van der Waals surface area contributed by atoms with Gasteiger partial charge < -0.3 is 10.4 Å². The summed E-state index contributed by atoms with van der Waals surface area (Å²) in [6.07, 6.45) is 0.868. The molecule has 3 rings (SSSR count). The molecule has 0 aliphatic carbocycles. The van der Waals surface area contributed by atoms with Crippen molar-refractivity contribution in [2.24, 2.45) is 5.92 Å². The number of hydrogen-bond acceptors (Lipinski definition) is 2. The van der Waals surface area contributed by atoms with E-state index in [4.69, 9.17) is 0 Å². The standard InChI is InChI=1S/C25H29NO/c1-20(2)18-24(26-19-21-12-6-3-7-13-21)25(27,22-14-8-4-9-15-22)23-16-10-5-11-17-23/h3-17,20,24,26-27H,18-19H2,1-2H3/t24-/m0/s1. The smallest absolute Gasteiger partial charge is 0.130 e. The summed E-state index contributed by atoms with van der Waals surface area (Å²) in [6, 6.07) is 30.3. The lowest BCUT2D eigenvalue weighted by Crippen LogP contribution is -2.49. The molecule has 27 heavy (non-hydrogen) atoms. The van der Waals surface area contributed by atoms with Crippen LogP contribution in [0.4, 0.5) is 0 Å². The van der Waals surface area contributed by atoms with Gasteiger partial charge in [-0.25, -0.2) is 0 Å². The van der Waals surface area contributed by atoms with Crippen molar-refractivity contribution in [1.82, 2.24) is 5.32 Å². The van der Waals surface area contributed by atoms with Crippen molar-refractivity contribution in [2.45, 2.75) is 38.5 Å². The van der Waals surface area contributed by atoms with Gasteiger partial charge in [0.05, 0.1) is 0 Å². The molecule has 2 heteroatoms. The summed E-state index contributed by atoms with van der Waals surface area (Å²) in [7, 11) is 0. The molecule has 0 amide bonds. The second-order valence-corrected chi connectivity index (χ2v) is 7.55. The van der Waals surface area contributed by atoms with E-state index < -0.39 is 5.60 Å². The molecule has 3 aromatic carbocycles. The van der Waals surface area contributed by atoms with E-state index in [1.165, 1.54) is 5.56 Å². The lowest BCUT2D eigenvalue weighted by atomic mass is 9.77. The number of benzene rings is 3. The monoisotopic (exact) mass is 359 g/mol. The van der Waals surface area contributed by atoms with Crippen molar-refractivity contribution >= 4 is 0 Å². The van der Waals surface area contributed by atoms with Crippen molar-refractivity contribution in [3.8, 4) is 0 Å². The van der Waals surface area contributed by atoms with Crippen LogP contribution in [0.1, 0.15) is 37.0 Å². The predicted molar refractivity (Wildman–Crippen MR) is 112 cm³/mol. The van der Waals surface area contributed by atoms with Crippen molar-refractivity contribution in [3.63, 3.8) is 0 Å². The third-order valence-electron chi connectivity index (χ3n) is 5.03. The maximum atomic E-state index is 12.1. The molecule has 0 radical (unpaired) electrons. The van der Waals surface area contributed by atoms with Gasteiger partial charge in [-0.15, -0.1) is 0 Å². The summed E-state index contributed by atoms with van der Waals surface area (Å²) in [5.74, 6) is 0.456. The zero-order valence-electron chi connectivity index (χ0n) is 16.2. The first-order valence-electron chi connectivity index (χ1n) is 9.71. The van der Waals surface area contributed by atoms with Gasteiger partial charge in [-0.2, -0.15) is 0 Å². The van der Waals surface area contributed by atoms with Gasteiger partial charge in [-0.1, -0.05) is 105 Å². The minimum absolute atomic E-state index is 0.109. The summed E-state index contributed by atoms with van der Waals surface area (Å²) in [5.41, 5.74) is 1.96. The Kier molecular flexibility index (Phi) is 6.44. The van der Waals surface area contributed by atoms with Crippen LogP contribution in [0.2, 0.25) is 0 Å². The normalized spacial score (nSPS) is 12.9. The highest BCUT2D eigenvalue weighted by atomic mass is 16.3. The molecule has 0 spiro atoms. The highest BCUT2D eigenvalue weighted by Crippen LogP contribution is 2.35. The molecule has 0 aliphatic rings. The molecule has 3 aromatic rings. The Morgan fingerprint density at radius 3 is 1.63 bits per heavy atom. The summed E-state index contributed by atoms with van der Waals surface area (Å²) >= 11 is 0. The zero-order chi connectivity index (χ0) is 19.1. The molecule has 0 saturated carbocycles. The molecule has 0 aromatic heterocycles. The predicted octanol–water partition coefficient (Wildman–Crippen LogP) is 5.13. The third kappa shape index (κ3) is 4.65. The van der Waals surface area contributed by atoms with Crippen LogP contribution in [0, 0.1) is 5.92 Å². The lowest BCUT2D eigenvalue weighted by molar-refractivity contribution is 0.0281. The highest BCUT2D eigenvalue weighted by Gasteiger charge is 2.40. The van der Waals surface area contributed by atoms with Crippen LogP contribution >= 0.6 is 0 Å². The Morgan fingerprint density at radius 1 is 0.741 bits per heavy atom. The Hall–Kier alpha value is -2.42. The molecule has 0 heterocycles. The molecule has 0 aliphatic heterocycles. The van der Waals surface area contributed by atoms with E-state index in [-0.39, 0.29) is 6.04 Å². The third-order valence-corrected chi connectivity index (χ3v) is 5.03. The van der Waals surface area contributed by atoms with Gasteiger partial charge in [-0.05, 0) is 29.0 Å². The Labute approximate surface area is 162 Å². The van der Waals surface area contributed by atoms with E-state index in [1.54, 1.807) is 0 Å². The SMILES string of the molecule is CC(C)C[C@H](NCc1ccccc1)C(O)(c1ccccc1)c1ccccc1. The van der Waals surface area contributed by atoms with Crippen LogP contribution in [-0.4, -0.2) is 11.1 Å². The van der Waals surface area contributed by atoms with Gasteiger partial charge >= 0.3 is 0 Å². The molecule has 2 nitrogen and oxygen atoms in total. The minimum Gasteiger partial charge on any atom is -0.379 e. The first-order valence-corrected chi connectivity index (χ1v) is 9.71. The first-order chi connectivity index (χ1) is 13.1. The van der Waals surface area contributed by atoms with E-state index in [2.05, 4.69) is 43.4 Å². The minimum atomic E-state index is -1.10. The molecular weight excluding hydrogens is 330 g/mol. The largest absolute Gasteiger partial charge is 0.379 e. The topological polar surface area (TPSA) is 32.3 Å². The van der Waals surface area contributed by atoms with Crippen LogP contribution in [0.25, 0.3) is 0 Å². The highest BCUT2D eigenvalue weighted by molar-refractivity contribution is 5.38. The van der Waals surface area contributed by atoms with E-state index in [0.717, 1.165) is 24.1 Å². The van der Waals surface area contributed by atoms with Crippen molar-refractivity contribution in [3.05, 3.63) is 108 Å².